The van der Waals surface area contributed by atoms with Gasteiger partial charge in [0, 0.05) is 5.54 Å². The molecule has 8 heteroatoms. The van der Waals surface area contributed by atoms with Crippen LogP contribution in [0.1, 0.15) is 32.8 Å². The van der Waals surface area contributed by atoms with Crippen LogP contribution in [-0.4, -0.2) is 28.9 Å². The number of halogens is 3. The summed E-state index contributed by atoms with van der Waals surface area (Å²) in [5.74, 6) is -2.08. The van der Waals surface area contributed by atoms with E-state index in [9.17, 15) is 22.8 Å². The number of hydrogen-bond donors (Lipinski definition) is 2. The molecular formula is C16H20F3NO4. The Labute approximate surface area is 137 Å². The van der Waals surface area contributed by atoms with Crippen molar-refractivity contribution in [2.45, 2.75) is 45.5 Å². The molecule has 1 aromatic carbocycles. The number of alkyl halides is 3. The fourth-order valence-corrected chi connectivity index (χ4v) is 2.11. The van der Waals surface area contributed by atoms with Crippen LogP contribution in [0.3, 0.4) is 0 Å². The molecule has 0 aliphatic rings. The Bertz CT molecular complexity index is 601. The van der Waals surface area contributed by atoms with Gasteiger partial charge in [0.25, 0.3) is 0 Å². The van der Waals surface area contributed by atoms with Gasteiger partial charge in [-0.15, -0.1) is 13.2 Å². The van der Waals surface area contributed by atoms with E-state index in [1.807, 2.05) is 0 Å². The molecule has 1 amide bonds. The van der Waals surface area contributed by atoms with Gasteiger partial charge in [0.2, 0.25) is 5.91 Å². The second kappa shape index (κ2) is 7.55. The summed E-state index contributed by atoms with van der Waals surface area (Å²) in [6.45, 7) is 5.18. The molecule has 0 aliphatic heterocycles. The molecule has 1 unspecified atom stereocenters. The number of carbonyl (C=O) groups is 2. The molecule has 2 N–H and O–H groups in total. The van der Waals surface area contributed by atoms with Gasteiger partial charge in [-0.2, -0.15) is 0 Å². The smallest absolute Gasteiger partial charge is 0.481 e. The maximum absolute atomic E-state index is 12.2. The van der Waals surface area contributed by atoms with Gasteiger partial charge < -0.3 is 15.2 Å². The van der Waals surface area contributed by atoms with Crippen molar-refractivity contribution >= 4 is 11.9 Å². The predicted octanol–water partition coefficient (Wildman–Crippen LogP) is 3.13. The third-order valence-electron chi connectivity index (χ3n) is 3.71. The highest BCUT2D eigenvalue weighted by atomic mass is 19.4. The number of carbonyl (C=O) groups excluding carboxylic acids is 1. The molecule has 0 radical (unpaired) electrons. The van der Waals surface area contributed by atoms with Crippen LogP contribution in [0.4, 0.5) is 13.2 Å². The molecule has 0 fully saturated rings. The monoisotopic (exact) mass is 347 g/mol. The molecular weight excluding hydrogens is 327 g/mol. The first kappa shape index (κ1) is 19.8. The predicted molar refractivity (Wildman–Crippen MR) is 80.5 cm³/mol. The van der Waals surface area contributed by atoms with Gasteiger partial charge in [0.05, 0.1) is 12.8 Å². The molecule has 0 spiro atoms. The molecule has 1 rings (SSSR count). The third kappa shape index (κ3) is 6.47. The standard InChI is InChI=1S/C16H20F3NO4/c1-10(2)15(3,9-14(22)23)20-13(21)8-11-5-4-6-12(7-11)24-16(17,18)19/h4-7,10H,8-9H2,1-3H3,(H,20,21)(H,22,23). The molecule has 0 heterocycles. The second-order valence-corrected chi connectivity index (χ2v) is 6.06. The van der Waals surface area contributed by atoms with Gasteiger partial charge >= 0.3 is 12.3 Å². The molecule has 5 nitrogen and oxygen atoms in total. The Balaban J connectivity index is 2.80. The Morgan fingerprint density at radius 1 is 1.29 bits per heavy atom. The summed E-state index contributed by atoms with van der Waals surface area (Å²) >= 11 is 0. The average molecular weight is 347 g/mol. The zero-order chi connectivity index (χ0) is 18.5. The van der Waals surface area contributed by atoms with Crippen LogP contribution < -0.4 is 10.1 Å². The van der Waals surface area contributed by atoms with E-state index in [0.717, 1.165) is 12.1 Å². The van der Waals surface area contributed by atoms with E-state index in [1.165, 1.54) is 12.1 Å². The zero-order valence-electron chi connectivity index (χ0n) is 13.6. The van der Waals surface area contributed by atoms with Crippen molar-refractivity contribution in [1.82, 2.24) is 5.32 Å². The van der Waals surface area contributed by atoms with Crippen molar-refractivity contribution in [3.63, 3.8) is 0 Å². The van der Waals surface area contributed by atoms with Crippen molar-refractivity contribution in [2.75, 3.05) is 0 Å². The lowest BCUT2D eigenvalue weighted by molar-refractivity contribution is -0.274. The molecule has 134 valence electrons. The maximum Gasteiger partial charge on any atom is 0.573 e. The topological polar surface area (TPSA) is 75.6 Å². The third-order valence-corrected chi connectivity index (χ3v) is 3.71. The van der Waals surface area contributed by atoms with Gasteiger partial charge in [0.1, 0.15) is 5.75 Å². The number of ether oxygens (including phenoxy) is 1. The van der Waals surface area contributed by atoms with Crippen molar-refractivity contribution in [1.29, 1.82) is 0 Å². The van der Waals surface area contributed by atoms with Crippen molar-refractivity contribution < 1.29 is 32.6 Å². The Kier molecular flexibility index (Phi) is 6.22. The van der Waals surface area contributed by atoms with Gasteiger partial charge in [-0.3, -0.25) is 9.59 Å². The molecule has 1 atom stereocenters. The van der Waals surface area contributed by atoms with E-state index in [0.29, 0.717) is 5.56 Å². The summed E-state index contributed by atoms with van der Waals surface area (Å²) < 4.78 is 40.4. The molecule has 0 saturated carbocycles. The van der Waals surface area contributed by atoms with Crippen LogP contribution in [0.2, 0.25) is 0 Å². The minimum Gasteiger partial charge on any atom is -0.481 e. The van der Waals surface area contributed by atoms with E-state index < -0.39 is 29.5 Å². The van der Waals surface area contributed by atoms with Crippen LogP contribution in [0.25, 0.3) is 0 Å². The quantitative estimate of drug-likeness (QED) is 0.795. The number of benzene rings is 1. The minimum atomic E-state index is -4.81. The van der Waals surface area contributed by atoms with Gasteiger partial charge in [-0.05, 0) is 30.5 Å². The van der Waals surface area contributed by atoms with Crippen LogP contribution in [-0.2, 0) is 16.0 Å². The minimum absolute atomic E-state index is 0.141. The molecule has 0 saturated heterocycles. The van der Waals surface area contributed by atoms with E-state index in [2.05, 4.69) is 10.1 Å². The number of hydrogen-bond acceptors (Lipinski definition) is 3. The number of amides is 1. The van der Waals surface area contributed by atoms with Crippen LogP contribution in [0.5, 0.6) is 5.75 Å². The largest absolute Gasteiger partial charge is 0.573 e. The molecule has 0 bridgehead atoms. The number of carboxylic acid groups (broad SMARTS) is 1. The zero-order valence-corrected chi connectivity index (χ0v) is 13.6. The summed E-state index contributed by atoms with van der Waals surface area (Å²) in [7, 11) is 0. The SMILES string of the molecule is CC(C)C(C)(CC(=O)O)NC(=O)Cc1cccc(OC(F)(F)F)c1. The van der Waals surface area contributed by atoms with Crippen molar-refractivity contribution in [2.24, 2.45) is 5.92 Å². The van der Waals surface area contributed by atoms with E-state index >= 15 is 0 Å². The van der Waals surface area contributed by atoms with Gasteiger partial charge in [-0.1, -0.05) is 26.0 Å². The van der Waals surface area contributed by atoms with Gasteiger partial charge in [-0.25, -0.2) is 0 Å². The van der Waals surface area contributed by atoms with E-state index in [-0.39, 0.29) is 18.8 Å². The number of rotatable bonds is 7. The van der Waals surface area contributed by atoms with Gasteiger partial charge in [0.15, 0.2) is 0 Å². The van der Waals surface area contributed by atoms with Crippen LogP contribution >= 0.6 is 0 Å². The first-order valence-corrected chi connectivity index (χ1v) is 7.29. The normalized spacial score (nSPS) is 14.1. The highest BCUT2D eigenvalue weighted by Gasteiger charge is 2.33. The van der Waals surface area contributed by atoms with Crippen molar-refractivity contribution in [3.8, 4) is 5.75 Å². The summed E-state index contributed by atoms with van der Waals surface area (Å²) in [4.78, 5) is 23.1. The molecule has 24 heavy (non-hydrogen) atoms. The summed E-state index contributed by atoms with van der Waals surface area (Å²) in [5, 5.41) is 11.6. The Morgan fingerprint density at radius 2 is 1.92 bits per heavy atom. The average Bonchev–Trinajstić information content (AvgIpc) is 2.35. The number of aliphatic carboxylic acids is 1. The lowest BCUT2D eigenvalue weighted by Crippen LogP contribution is -2.51. The van der Waals surface area contributed by atoms with Crippen molar-refractivity contribution in [3.05, 3.63) is 29.8 Å². The first-order chi connectivity index (χ1) is 10.9. The fourth-order valence-electron chi connectivity index (χ4n) is 2.11. The van der Waals surface area contributed by atoms with Crippen LogP contribution in [0, 0.1) is 5.92 Å². The molecule has 0 aliphatic carbocycles. The first-order valence-electron chi connectivity index (χ1n) is 7.29. The summed E-state index contributed by atoms with van der Waals surface area (Å²) in [6.07, 6.45) is -5.25. The number of carboxylic acids is 1. The summed E-state index contributed by atoms with van der Waals surface area (Å²) in [6, 6.07) is 5.10. The molecule has 1 aromatic rings. The van der Waals surface area contributed by atoms with Crippen LogP contribution in [0.15, 0.2) is 24.3 Å². The second-order valence-electron chi connectivity index (χ2n) is 6.06. The van der Waals surface area contributed by atoms with E-state index in [4.69, 9.17) is 5.11 Å². The lowest BCUT2D eigenvalue weighted by atomic mass is 9.85. The highest BCUT2D eigenvalue weighted by molar-refractivity contribution is 5.80. The Morgan fingerprint density at radius 3 is 2.42 bits per heavy atom. The van der Waals surface area contributed by atoms with E-state index in [1.54, 1.807) is 20.8 Å². The Hall–Kier alpha value is -2.25. The lowest BCUT2D eigenvalue weighted by Gasteiger charge is -2.33. The highest BCUT2D eigenvalue weighted by Crippen LogP contribution is 2.24. The summed E-state index contributed by atoms with van der Waals surface area (Å²) in [5.41, 5.74) is -0.626. The number of nitrogens with one attached hydrogen (secondary N) is 1. The fraction of sp³-hybridized carbons (Fsp3) is 0.500. The maximum atomic E-state index is 12.2. The molecule has 0 aromatic heterocycles.